The van der Waals surface area contributed by atoms with Crippen LogP contribution in [0.1, 0.15) is 135 Å². The largest absolute Gasteiger partial charge is 0.334 e. The standard InChI is InChI=1S/C55H58N2/c1-55(2,41-29-33-45(34-30-41)56(43-19-5-3-6-20-43)53-37-39-17-9-11-23-47(39)49-25-13-15-27-51(49)53)42-31-35-46(36-32-42)57(44-21-7-4-8-22-44)54-38-40-18-10-12-24-48(40)50-26-14-16-28-52(50)54/h3-8,13-16,19-22,25-36,39-40,47-48,53-54H,9-12,17-18,23-24,37-38H2,1-2H3. The third kappa shape index (κ3) is 6.69. The first-order valence-corrected chi connectivity index (χ1v) is 22.1. The molecule has 2 heteroatoms. The highest BCUT2D eigenvalue weighted by molar-refractivity contribution is 5.68. The van der Waals surface area contributed by atoms with Gasteiger partial charge in [-0.3, -0.25) is 0 Å². The average Bonchev–Trinajstić information content (AvgIpc) is 3.28. The highest BCUT2D eigenvalue weighted by Gasteiger charge is 2.41. The first kappa shape index (κ1) is 36.3. The van der Waals surface area contributed by atoms with Crippen LogP contribution in [0.15, 0.2) is 158 Å². The van der Waals surface area contributed by atoms with Gasteiger partial charge in [-0.15, -0.1) is 0 Å². The van der Waals surface area contributed by atoms with Crippen LogP contribution in [0.2, 0.25) is 0 Å². The maximum atomic E-state index is 2.65. The van der Waals surface area contributed by atoms with E-state index >= 15 is 0 Å². The van der Waals surface area contributed by atoms with Gasteiger partial charge in [-0.25, -0.2) is 0 Å². The Bertz CT molecular complexity index is 2110. The molecule has 6 aromatic rings. The number of benzene rings is 6. The molecule has 4 aliphatic carbocycles. The van der Waals surface area contributed by atoms with Gasteiger partial charge in [0.2, 0.25) is 0 Å². The SMILES string of the molecule is CC(C)(c1ccc(N(c2ccccc2)C2CC3CCCCC3c3ccccc32)cc1)c1ccc(N(c2ccccc2)C2CC3CCCCC3c3ccccc32)cc1. The van der Waals surface area contributed by atoms with Crippen LogP contribution in [-0.4, -0.2) is 0 Å². The van der Waals surface area contributed by atoms with Crippen LogP contribution in [0.4, 0.5) is 22.7 Å². The van der Waals surface area contributed by atoms with Crippen molar-refractivity contribution in [2.75, 3.05) is 9.80 Å². The summed E-state index contributed by atoms with van der Waals surface area (Å²) in [6.07, 6.45) is 13.3. The molecule has 10 rings (SSSR count). The predicted molar refractivity (Wildman–Crippen MR) is 239 cm³/mol. The van der Waals surface area contributed by atoms with E-state index in [1.54, 1.807) is 11.1 Å². The molecule has 0 amide bonds. The van der Waals surface area contributed by atoms with Crippen LogP contribution >= 0.6 is 0 Å². The molecule has 6 atom stereocenters. The van der Waals surface area contributed by atoms with Crippen molar-refractivity contribution >= 4 is 22.7 Å². The molecule has 57 heavy (non-hydrogen) atoms. The van der Waals surface area contributed by atoms with E-state index in [0.29, 0.717) is 23.9 Å². The van der Waals surface area contributed by atoms with Gasteiger partial charge in [0.25, 0.3) is 0 Å². The number of nitrogens with zero attached hydrogens (tertiary/aromatic N) is 2. The Morgan fingerprint density at radius 2 is 0.702 bits per heavy atom. The number of hydrogen-bond donors (Lipinski definition) is 0. The van der Waals surface area contributed by atoms with Crippen molar-refractivity contribution in [2.24, 2.45) is 11.8 Å². The molecule has 0 heterocycles. The van der Waals surface area contributed by atoms with E-state index in [0.717, 1.165) is 11.8 Å². The Hall–Kier alpha value is -5.08. The van der Waals surface area contributed by atoms with E-state index in [4.69, 9.17) is 0 Å². The number of hydrogen-bond acceptors (Lipinski definition) is 2. The zero-order valence-corrected chi connectivity index (χ0v) is 33.9. The molecule has 2 nitrogen and oxygen atoms in total. The van der Waals surface area contributed by atoms with Crippen molar-refractivity contribution < 1.29 is 0 Å². The lowest BCUT2D eigenvalue weighted by Gasteiger charge is -2.45. The maximum Gasteiger partial charge on any atom is 0.0597 e. The summed E-state index contributed by atoms with van der Waals surface area (Å²) >= 11 is 0. The third-order valence-electron chi connectivity index (χ3n) is 14.8. The first-order chi connectivity index (χ1) is 28.0. The van der Waals surface area contributed by atoms with Crippen molar-refractivity contribution in [3.05, 3.63) is 191 Å². The maximum absolute atomic E-state index is 2.65. The van der Waals surface area contributed by atoms with Crippen LogP contribution in [0, 0.1) is 11.8 Å². The summed E-state index contributed by atoms with van der Waals surface area (Å²) in [6.45, 7) is 4.78. The van der Waals surface area contributed by atoms with Crippen LogP contribution < -0.4 is 9.80 Å². The molecule has 0 N–H and O–H groups in total. The molecule has 4 aliphatic rings. The predicted octanol–water partition coefficient (Wildman–Crippen LogP) is 15.1. The Labute approximate surface area is 341 Å². The summed E-state index contributed by atoms with van der Waals surface area (Å²) in [5.74, 6) is 2.92. The Balaban J connectivity index is 0.968. The topological polar surface area (TPSA) is 6.48 Å². The summed E-state index contributed by atoms with van der Waals surface area (Å²) < 4.78 is 0. The fraction of sp³-hybridized carbons (Fsp3) is 0.345. The lowest BCUT2D eigenvalue weighted by Crippen LogP contribution is -2.34. The molecular formula is C55H58N2. The fourth-order valence-electron chi connectivity index (χ4n) is 11.9. The molecule has 2 saturated carbocycles. The van der Waals surface area contributed by atoms with Crippen LogP contribution in [0.3, 0.4) is 0 Å². The van der Waals surface area contributed by atoms with Gasteiger partial charge >= 0.3 is 0 Å². The van der Waals surface area contributed by atoms with Gasteiger partial charge in [-0.1, -0.05) is 149 Å². The smallest absolute Gasteiger partial charge is 0.0597 e. The molecule has 6 aromatic carbocycles. The van der Waals surface area contributed by atoms with E-state index < -0.39 is 0 Å². The molecule has 0 spiro atoms. The minimum atomic E-state index is -0.161. The highest BCUT2D eigenvalue weighted by Crippen LogP contribution is 2.54. The zero-order chi connectivity index (χ0) is 38.3. The van der Waals surface area contributed by atoms with Crippen molar-refractivity contribution in [3.8, 4) is 0 Å². The Morgan fingerprint density at radius 1 is 0.368 bits per heavy atom. The highest BCUT2D eigenvalue weighted by atomic mass is 15.2. The molecule has 0 aromatic heterocycles. The summed E-state index contributed by atoms with van der Waals surface area (Å²) in [6, 6.07) is 60.8. The lowest BCUT2D eigenvalue weighted by molar-refractivity contribution is 0.255. The summed E-state index contributed by atoms with van der Waals surface area (Å²) in [4.78, 5) is 5.29. The normalized spacial score (nSPS) is 24.0. The van der Waals surface area contributed by atoms with Gasteiger partial charge in [-0.05, 0) is 144 Å². The summed E-state index contributed by atoms with van der Waals surface area (Å²) in [7, 11) is 0. The molecule has 0 bridgehead atoms. The van der Waals surface area contributed by atoms with Gasteiger partial charge in [0.05, 0.1) is 12.1 Å². The van der Waals surface area contributed by atoms with Crippen molar-refractivity contribution in [1.82, 2.24) is 0 Å². The lowest BCUT2D eigenvalue weighted by atomic mass is 9.66. The van der Waals surface area contributed by atoms with Crippen molar-refractivity contribution in [3.63, 3.8) is 0 Å². The molecule has 2 fully saturated rings. The molecule has 0 aliphatic heterocycles. The summed E-state index contributed by atoms with van der Waals surface area (Å²) in [5, 5.41) is 0. The second-order valence-corrected chi connectivity index (χ2v) is 18.2. The van der Waals surface area contributed by atoms with Crippen molar-refractivity contribution in [1.29, 1.82) is 0 Å². The van der Waals surface area contributed by atoms with Gasteiger partial charge < -0.3 is 9.80 Å². The van der Waals surface area contributed by atoms with E-state index in [-0.39, 0.29) is 5.41 Å². The quantitative estimate of drug-likeness (QED) is 0.153. The zero-order valence-electron chi connectivity index (χ0n) is 33.9. The third-order valence-corrected chi connectivity index (χ3v) is 14.8. The van der Waals surface area contributed by atoms with Gasteiger partial charge in [0, 0.05) is 28.2 Å². The Morgan fingerprint density at radius 3 is 1.11 bits per heavy atom. The minimum Gasteiger partial charge on any atom is -0.334 e. The van der Waals surface area contributed by atoms with Gasteiger partial charge in [-0.2, -0.15) is 0 Å². The molecule has 0 radical (unpaired) electrons. The van der Waals surface area contributed by atoms with Crippen molar-refractivity contribution in [2.45, 2.75) is 107 Å². The number of rotatable bonds is 8. The van der Waals surface area contributed by atoms with E-state index in [1.165, 1.54) is 109 Å². The average molecular weight is 747 g/mol. The number of para-hydroxylation sites is 2. The second-order valence-electron chi connectivity index (χ2n) is 18.2. The number of fused-ring (bicyclic) bond motifs is 6. The molecule has 0 saturated heterocycles. The van der Waals surface area contributed by atoms with E-state index in [1.807, 2.05) is 0 Å². The van der Waals surface area contributed by atoms with Gasteiger partial charge in [0.15, 0.2) is 0 Å². The molecule has 6 unspecified atom stereocenters. The Kier molecular flexibility index (Phi) is 9.77. The molecular weight excluding hydrogens is 689 g/mol. The van der Waals surface area contributed by atoms with E-state index in [9.17, 15) is 0 Å². The van der Waals surface area contributed by atoms with Gasteiger partial charge in [0.1, 0.15) is 0 Å². The minimum absolute atomic E-state index is 0.161. The fourth-order valence-corrected chi connectivity index (χ4v) is 11.9. The monoisotopic (exact) mass is 746 g/mol. The van der Waals surface area contributed by atoms with E-state index in [2.05, 4.69) is 181 Å². The second kappa shape index (κ2) is 15.4. The van der Waals surface area contributed by atoms with Crippen LogP contribution in [-0.2, 0) is 5.41 Å². The number of anilines is 4. The summed E-state index contributed by atoms with van der Waals surface area (Å²) in [5.41, 5.74) is 13.9. The van der Waals surface area contributed by atoms with Crippen LogP contribution in [0.25, 0.3) is 0 Å². The van der Waals surface area contributed by atoms with Crippen LogP contribution in [0.5, 0.6) is 0 Å². The molecule has 288 valence electrons. The first-order valence-electron chi connectivity index (χ1n) is 22.1.